The van der Waals surface area contributed by atoms with E-state index in [4.69, 9.17) is 4.74 Å². The molecule has 3 nitrogen and oxygen atoms in total. The smallest absolute Gasteiger partial charge is 0.306 e. The monoisotopic (exact) mass is 227 g/mol. The van der Waals surface area contributed by atoms with Crippen LogP contribution in [0.25, 0.3) is 0 Å². The molecule has 2 unspecified atom stereocenters. The number of ether oxygens (including phenoxy) is 1. The second-order valence-electron chi connectivity index (χ2n) is 5.12. The molecule has 1 aliphatic heterocycles. The fourth-order valence-electron chi connectivity index (χ4n) is 1.86. The second kappa shape index (κ2) is 6.89. The quantitative estimate of drug-likeness (QED) is 0.733. The van der Waals surface area contributed by atoms with E-state index < -0.39 is 0 Å². The van der Waals surface area contributed by atoms with Crippen LogP contribution in [0.2, 0.25) is 0 Å². The van der Waals surface area contributed by atoms with Crippen molar-refractivity contribution in [2.45, 2.75) is 65.0 Å². The van der Waals surface area contributed by atoms with Crippen molar-refractivity contribution in [2.75, 3.05) is 6.54 Å². The zero-order valence-electron chi connectivity index (χ0n) is 10.8. The number of rotatable bonds is 5. The van der Waals surface area contributed by atoms with Gasteiger partial charge < -0.3 is 10.1 Å². The topological polar surface area (TPSA) is 38.3 Å². The Labute approximate surface area is 98.9 Å². The first-order valence-corrected chi connectivity index (χ1v) is 6.52. The molecular formula is C13H25NO2. The molecule has 0 bridgehead atoms. The van der Waals surface area contributed by atoms with E-state index in [1.165, 1.54) is 19.3 Å². The molecule has 3 heteroatoms. The normalized spacial score (nSPS) is 23.1. The molecule has 1 heterocycles. The number of hydrogen-bond acceptors (Lipinski definition) is 3. The third-order valence-electron chi connectivity index (χ3n) is 3.37. The van der Waals surface area contributed by atoms with Gasteiger partial charge in [-0.3, -0.25) is 4.79 Å². The van der Waals surface area contributed by atoms with Gasteiger partial charge in [-0.1, -0.05) is 20.3 Å². The highest BCUT2D eigenvalue weighted by molar-refractivity contribution is 5.69. The zero-order chi connectivity index (χ0) is 12.0. The van der Waals surface area contributed by atoms with Crippen LogP contribution in [0, 0.1) is 5.92 Å². The Morgan fingerprint density at radius 1 is 1.38 bits per heavy atom. The Morgan fingerprint density at radius 3 is 2.69 bits per heavy atom. The molecule has 1 fully saturated rings. The predicted octanol–water partition coefficient (Wildman–Crippen LogP) is 2.50. The fourth-order valence-corrected chi connectivity index (χ4v) is 1.86. The number of piperidine rings is 1. The van der Waals surface area contributed by atoms with Crippen LogP contribution in [0.3, 0.4) is 0 Å². The van der Waals surface area contributed by atoms with Crippen molar-refractivity contribution in [3.63, 3.8) is 0 Å². The van der Waals surface area contributed by atoms with Crippen LogP contribution in [0.5, 0.6) is 0 Å². The van der Waals surface area contributed by atoms with Gasteiger partial charge in [0.2, 0.25) is 0 Å². The highest BCUT2D eigenvalue weighted by Gasteiger charge is 2.16. The first-order chi connectivity index (χ1) is 7.59. The summed E-state index contributed by atoms with van der Waals surface area (Å²) in [6.45, 7) is 7.20. The van der Waals surface area contributed by atoms with Gasteiger partial charge in [-0.25, -0.2) is 0 Å². The van der Waals surface area contributed by atoms with E-state index in [1.807, 2.05) is 6.92 Å². The molecule has 1 N–H and O–H groups in total. The molecule has 0 spiro atoms. The molecule has 0 aromatic rings. The summed E-state index contributed by atoms with van der Waals surface area (Å²) >= 11 is 0. The Balaban J connectivity index is 2.14. The van der Waals surface area contributed by atoms with Crippen LogP contribution < -0.4 is 5.32 Å². The Hall–Kier alpha value is -0.570. The van der Waals surface area contributed by atoms with Crippen LogP contribution in [0.1, 0.15) is 52.9 Å². The standard InChI is InChI=1S/C13H25NO2/c1-10(2)11(3)16-13(15)8-7-12-6-4-5-9-14-12/h10-12,14H,4-9H2,1-3H3. The number of nitrogens with one attached hydrogen (secondary N) is 1. The van der Waals surface area contributed by atoms with Crippen molar-refractivity contribution in [1.29, 1.82) is 0 Å². The average molecular weight is 227 g/mol. The summed E-state index contributed by atoms with van der Waals surface area (Å²) in [5, 5.41) is 3.44. The molecule has 1 aliphatic rings. The van der Waals surface area contributed by atoms with Gasteiger partial charge in [-0.15, -0.1) is 0 Å². The van der Waals surface area contributed by atoms with Crippen LogP contribution in [0.4, 0.5) is 0 Å². The van der Waals surface area contributed by atoms with E-state index >= 15 is 0 Å². The summed E-state index contributed by atoms with van der Waals surface area (Å²) in [7, 11) is 0. The van der Waals surface area contributed by atoms with Crippen LogP contribution in [-0.4, -0.2) is 24.7 Å². The zero-order valence-corrected chi connectivity index (χ0v) is 10.8. The lowest BCUT2D eigenvalue weighted by atomic mass is 10.0. The van der Waals surface area contributed by atoms with Crippen LogP contribution >= 0.6 is 0 Å². The lowest BCUT2D eigenvalue weighted by molar-refractivity contribution is -0.150. The van der Waals surface area contributed by atoms with Crippen molar-refractivity contribution >= 4 is 5.97 Å². The molecule has 0 radical (unpaired) electrons. The fraction of sp³-hybridized carbons (Fsp3) is 0.923. The Kier molecular flexibility index (Phi) is 5.81. The van der Waals surface area contributed by atoms with Gasteiger partial charge in [0.05, 0.1) is 0 Å². The molecule has 94 valence electrons. The van der Waals surface area contributed by atoms with Gasteiger partial charge in [-0.05, 0) is 38.6 Å². The Morgan fingerprint density at radius 2 is 2.12 bits per heavy atom. The van der Waals surface area contributed by atoms with Crippen LogP contribution in [0.15, 0.2) is 0 Å². The maximum Gasteiger partial charge on any atom is 0.306 e. The van der Waals surface area contributed by atoms with Gasteiger partial charge in [0.15, 0.2) is 0 Å². The molecule has 2 atom stereocenters. The summed E-state index contributed by atoms with van der Waals surface area (Å²) in [6, 6.07) is 0.524. The third kappa shape index (κ3) is 4.97. The Bertz CT molecular complexity index is 210. The van der Waals surface area contributed by atoms with Gasteiger partial charge >= 0.3 is 5.97 Å². The highest BCUT2D eigenvalue weighted by atomic mass is 16.5. The van der Waals surface area contributed by atoms with Gasteiger partial charge in [-0.2, -0.15) is 0 Å². The molecule has 0 aromatic heterocycles. The number of carbonyl (C=O) groups excluding carboxylic acids is 1. The van der Waals surface area contributed by atoms with E-state index in [1.54, 1.807) is 0 Å². The highest BCUT2D eigenvalue weighted by Crippen LogP contribution is 2.13. The molecule has 0 aromatic carbocycles. The number of carbonyl (C=O) groups is 1. The molecule has 1 saturated heterocycles. The first kappa shape index (κ1) is 13.5. The molecule has 0 amide bonds. The van der Waals surface area contributed by atoms with Gasteiger partial charge in [0, 0.05) is 12.5 Å². The van der Waals surface area contributed by atoms with Crippen molar-refractivity contribution in [3.05, 3.63) is 0 Å². The SMILES string of the molecule is CC(C)C(C)OC(=O)CCC1CCCCN1. The van der Waals surface area contributed by atoms with E-state index in [0.29, 0.717) is 18.4 Å². The summed E-state index contributed by atoms with van der Waals surface area (Å²) in [5.41, 5.74) is 0. The van der Waals surface area contributed by atoms with Crippen molar-refractivity contribution in [1.82, 2.24) is 5.32 Å². The van der Waals surface area contributed by atoms with E-state index in [9.17, 15) is 4.79 Å². The van der Waals surface area contributed by atoms with E-state index in [-0.39, 0.29) is 12.1 Å². The predicted molar refractivity (Wildman–Crippen MR) is 65.3 cm³/mol. The third-order valence-corrected chi connectivity index (χ3v) is 3.37. The van der Waals surface area contributed by atoms with Crippen molar-refractivity contribution in [3.8, 4) is 0 Å². The van der Waals surface area contributed by atoms with Gasteiger partial charge in [0.1, 0.15) is 6.10 Å². The minimum atomic E-state index is -0.0476. The summed E-state index contributed by atoms with van der Waals surface area (Å²) in [6.07, 6.45) is 5.26. The largest absolute Gasteiger partial charge is 0.462 e. The first-order valence-electron chi connectivity index (χ1n) is 6.52. The maximum absolute atomic E-state index is 11.6. The number of esters is 1. The lowest BCUT2D eigenvalue weighted by Gasteiger charge is -2.23. The minimum absolute atomic E-state index is 0.0341. The molecule has 1 rings (SSSR count). The summed E-state index contributed by atoms with van der Waals surface area (Å²) < 4.78 is 5.34. The number of hydrogen-bond donors (Lipinski definition) is 1. The molecule has 16 heavy (non-hydrogen) atoms. The molecule has 0 saturated carbocycles. The molecular weight excluding hydrogens is 202 g/mol. The molecule has 0 aliphatic carbocycles. The maximum atomic E-state index is 11.6. The van der Waals surface area contributed by atoms with Crippen molar-refractivity contribution < 1.29 is 9.53 Å². The summed E-state index contributed by atoms with van der Waals surface area (Å²) in [4.78, 5) is 11.6. The van der Waals surface area contributed by atoms with E-state index in [2.05, 4.69) is 19.2 Å². The average Bonchev–Trinajstić information content (AvgIpc) is 2.27. The summed E-state index contributed by atoms with van der Waals surface area (Å²) in [5.74, 6) is 0.352. The van der Waals surface area contributed by atoms with Gasteiger partial charge in [0.25, 0.3) is 0 Å². The van der Waals surface area contributed by atoms with Crippen molar-refractivity contribution in [2.24, 2.45) is 5.92 Å². The minimum Gasteiger partial charge on any atom is -0.462 e. The lowest BCUT2D eigenvalue weighted by Crippen LogP contribution is -2.34. The van der Waals surface area contributed by atoms with E-state index in [0.717, 1.165) is 13.0 Å². The van der Waals surface area contributed by atoms with Crippen LogP contribution in [-0.2, 0) is 9.53 Å². The second-order valence-corrected chi connectivity index (χ2v) is 5.12.